The Morgan fingerprint density at radius 2 is 1.63 bits per heavy atom. The Hall–Kier alpha value is -4.24. The Balaban J connectivity index is 1.42. The lowest BCUT2D eigenvalue weighted by molar-refractivity contribution is -0.137. The minimum atomic E-state index is -1.15. The van der Waals surface area contributed by atoms with Gasteiger partial charge in [-0.15, -0.1) is 0 Å². The Bertz CT molecular complexity index is 1200. The molecule has 0 saturated carbocycles. The molecule has 0 unspecified atom stereocenters. The molecule has 1 heterocycles. The van der Waals surface area contributed by atoms with Crippen LogP contribution in [-0.4, -0.2) is 66.4 Å². The molecule has 0 bridgehead atoms. The number of amides is 2. The van der Waals surface area contributed by atoms with Crippen molar-refractivity contribution in [1.82, 2.24) is 9.88 Å². The van der Waals surface area contributed by atoms with E-state index in [0.717, 1.165) is 27.2 Å². The molecule has 1 aliphatic rings. The molecule has 3 aromatic rings. The van der Waals surface area contributed by atoms with Gasteiger partial charge in [-0.2, -0.15) is 0 Å². The normalized spacial score (nSPS) is 11.9. The van der Waals surface area contributed by atoms with E-state index in [4.69, 9.17) is 14.6 Å². The van der Waals surface area contributed by atoms with Crippen LogP contribution in [-0.2, 0) is 14.3 Å². The summed E-state index contributed by atoms with van der Waals surface area (Å²) in [5.74, 6) is -1.70. The first kappa shape index (κ1) is 23.9. The molecule has 35 heavy (non-hydrogen) atoms. The number of aromatic nitrogens is 1. The van der Waals surface area contributed by atoms with Gasteiger partial charge in [0, 0.05) is 19.6 Å². The predicted octanol–water partition coefficient (Wildman–Crippen LogP) is 3.62. The van der Waals surface area contributed by atoms with Crippen LogP contribution in [0.15, 0.2) is 66.7 Å². The van der Waals surface area contributed by atoms with Crippen molar-refractivity contribution in [3.05, 3.63) is 83.6 Å². The van der Waals surface area contributed by atoms with Gasteiger partial charge in [0.15, 0.2) is 0 Å². The van der Waals surface area contributed by atoms with Gasteiger partial charge in [0.25, 0.3) is 5.91 Å². The molecular weight excluding hydrogens is 450 g/mol. The smallest absolute Gasteiger partial charge is 0.412 e. The number of carbonyl (C=O) groups is 3. The first-order valence-electron chi connectivity index (χ1n) is 11.1. The van der Waals surface area contributed by atoms with E-state index in [1.807, 2.05) is 36.4 Å². The molecule has 2 aromatic carbocycles. The van der Waals surface area contributed by atoms with E-state index in [9.17, 15) is 14.4 Å². The summed E-state index contributed by atoms with van der Waals surface area (Å²) in [5.41, 5.74) is 4.45. The fourth-order valence-electron chi connectivity index (χ4n) is 4.14. The highest BCUT2D eigenvalue weighted by molar-refractivity contribution is 5.95. The minimum absolute atomic E-state index is 0.00111. The third-order valence-corrected chi connectivity index (χ3v) is 5.72. The summed E-state index contributed by atoms with van der Waals surface area (Å²) in [7, 11) is 1.46. The Morgan fingerprint density at radius 1 is 0.971 bits per heavy atom. The Labute approximate surface area is 202 Å². The van der Waals surface area contributed by atoms with Crippen molar-refractivity contribution in [3.8, 4) is 11.1 Å². The molecule has 2 N–H and O–H groups in total. The van der Waals surface area contributed by atoms with Gasteiger partial charge in [-0.1, -0.05) is 54.6 Å². The lowest BCUT2D eigenvalue weighted by Gasteiger charge is -2.20. The van der Waals surface area contributed by atoms with Crippen molar-refractivity contribution in [2.75, 3.05) is 38.7 Å². The van der Waals surface area contributed by atoms with Gasteiger partial charge in [-0.25, -0.2) is 9.78 Å². The van der Waals surface area contributed by atoms with Crippen LogP contribution < -0.4 is 5.32 Å². The van der Waals surface area contributed by atoms with E-state index in [-0.39, 0.29) is 37.2 Å². The number of carbonyl (C=O) groups excluding carboxylic acids is 2. The number of rotatable bonds is 9. The zero-order valence-corrected chi connectivity index (χ0v) is 19.1. The summed E-state index contributed by atoms with van der Waals surface area (Å²) in [4.78, 5) is 41.7. The van der Waals surface area contributed by atoms with Crippen molar-refractivity contribution in [2.45, 2.75) is 5.92 Å². The second kappa shape index (κ2) is 10.8. The maximum Gasteiger partial charge on any atom is 0.412 e. The molecule has 1 aliphatic carbocycles. The molecule has 0 aliphatic heterocycles. The number of ether oxygens (including phenoxy) is 2. The number of carboxylic acids is 1. The van der Waals surface area contributed by atoms with E-state index in [2.05, 4.69) is 22.4 Å². The van der Waals surface area contributed by atoms with Crippen molar-refractivity contribution in [1.29, 1.82) is 0 Å². The van der Waals surface area contributed by atoms with E-state index < -0.39 is 24.5 Å². The van der Waals surface area contributed by atoms with Crippen molar-refractivity contribution < 1.29 is 29.0 Å². The molecule has 9 heteroatoms. The molecule has 0 fully saturated rings. The monoisotopic (exact) mass is 475 g/mol. The Morgan fingerprint density at radius 3 is 2.26 bits per heavy atom. The number of pyridine rings is 1. The largest absolute Gasteiger partial charge is 0.480 e. The summed E-state index contributed by atoms with van der Waals surface area (Å²) in [6.45, 7) is -0.0835. The number of carboxylic acid groups (broad SMARTS) is 1. The standard InChI is InChI=1S/C26H25N3O6/c1-34-14-13-29(15-24(30)31)25(32)22-11-6-12-23(27-22)28-26(33)35-16-21-19-9-4-2-7-17(19)18-8-3-5-10-20(18)21/h2-12,21H,13-16H2,1H3,(H,30,31)(H,27,28,33). The number of fused-ring (bicyclic) bond motifs is 3. The third kappa shape index (κ3) is 5.47. The minimum Gasteiger partial charge on any atom is -0.480 e. The summed E-state index contributed by atoms with van der Waals surface area (Å²) in [6, 6.07) is 20.6. The van der Waals surface area contributed by atoms with Crippen LogP contribution in [0.4, 0.5) is 10.6 Å². The first-order chi connectivity index (χ1) is 17.0. The van der Waals surface area contributed by atoms with E-state index >= 15 is 0 Å². The van der Waals surface area contributed by atoms with Crippen LogP contribution in [0.5, 0.6) is 0 Å². The number of anilines is 1. The topological polar surface area (TPSA) is 118 Å². The van der Waals surface area contributed by atoms with E-state index in [1.165, 1.54) is 19.2 Å². The Kier molecular flexibility index (Phi) is 7.37. The van der Waals surface area contributed by atoms with Crippen molar-refractivity contribution >= 4 is 23.8 Å². The van der Waals surface area contributed by atoms with Crippen LogP contribution in [0.2, 0.25) is 0 Å². The zero-order valence-electron chi connectivity index (χ0n) is 19.1. The molecule has 0 saturated heterocycles. The molecule has 0 atom stereocenters. The maximum absolute atomic E-state index is 12.8. The molecular formula is C26H25N3O6. The third-order valence-electron chi connectivity index (χ3n) is 5.72. The molecule has 0 radical (unpaired) electrons. The fourth-order valence-corrected chi connectivity index (χ4v) is 4.14. The maximum atomic E-state index is 12.8. The van der Waals surface area contributed by atoms with Gasteiger partial charge in [-0.3, -0.25) is 14.9 Å². The lowest BCUT2D eigenvalue weighted by Crippen LogP contribution is -2.38. The van der Waals surface area contributed by atoms with Gasteiger partial charge < -0.3 is 19.5 Å². The van der Waals surface area contributed by atoms with E-state index in [0.29, 0.717) is 0 Å². The number of nitrogens with zero attached hydrogens (tertiary/aromatic N) is 2. The second-order valence-electron chi connectivity index (χ2n) is 7.97. The van der Waals surface area contributed by atoms with E-state index in [1.54, 1.807) is 6.07 Å². The summed E-state index contributed by atoms with van der Waals surface area (Å²) >= 11 is 0. The number of methoxy groups -OCH3 is 1. The second-order valence-corrected chi connectivity index (χ2v) is 7.97. The van der Waals surface area contributed by atoms with Crippen molar-refractivity contribution in [2.24, 2.45) is 0 Å². The number of hydrogen-bond donors (Lipinski definition) is 2. The summed E-state index contributed by atoms with van der Waals surface area (Å²) < 4.78 is 10.5. The van der Waals surface area contributed by atoms with Gasteiger partial charge in [0.1, 0.15) is 24.7 Å². The van der Waals surface area contributed by atoms with Gasteiger partial charge in [0.2, 0.25) is 0 Å². The van der Waals surface area contributed by atoms with Gasteiger partial charge in [-0.05, 0) is 34.4 Å². The van der Waals surface area contributed by atoms with Crippen LogP contribution in [0.25, 0.3) is 11.1 Å². The summed E-state index contributed by atoms with van der Waals surface area (Å²) in [6.07, 6.45) is -0.703. The molecule has 2 amide bonds. The average molecular weight is 476 g/mol. The average Bonchev–Trinajstić information content (AvgIpc) is 3.18. The lowest BCUT2D eigenvalue weighted by atomic mass is 9.98. The van der Waals surface area contributed by atoms with Crippen LogP contribution in [0.3, 0.4) is 0 Å². The summed E-state index contributed by atoms with van der Waals surface area (Å²) in [5, 5.41) is 11.6. The quantitative estimate of drug-likeness (QED) is 0.485. The SMILES string of the molecule is COCCN(CC(=O)O)C(=O)c1cccc(NC(=O)OCC2c3ccccc3-c3ccccc32)n1. The predicted molar refractivity (Wildman–Crippen MR) is 128 cm³/mol. The highest BCUT2D eigenvalue weighted by Gasteiger charge is 2.29. The number of aliphatic carboxylic acids is 1. The number of benzene rings is 2. The molecule has 0 spiro atoms. The number of hydrogen-bond acceptors (Lipinski definition) is 6. The van der Waals surface area contributed by atoms with Crippen LogP contribution in [0, 0.1) is 0 Å². The first-order valence-corrected chi connectivity index (χ1v) is 11.1. The van der Waals surface area contributed by atoms with Crippen LogP contribution >= 0.6 is 0 Å². The molecule has 4 rings (SSSR count). The fraction of sp³-hybridized carbons (Fsp3) is 0.231. The molecule has 180 valence electrons. The van der Waals surface area contributed by atoms with Crippen molar-refractivity contribution in [3.63, 3.8) is 0 Å². The molecule has 1 aromatic heterocycles. The van der Waals surface area contributed by atoms with Gasteiger partial charge in [0.05, 0.1) is 6.61 Å². The highest BCUT2D eigenvalue weighted by Crippen LogP contribution is 2.44. The molecule has 9 nitrogen and oxygen atoms in total. The highest BCUT2D eigenvalue weighted by atomic mass is 16.5. The zero-order chi connectivity index (χ0) is 24.8. The number of nitrogens with one attached hydrogen (secondary N) is 1. The van der Waals surface area contributed by atoms with Gasteiger partial charge >= 0.3 is 12.1 Å². The van der Waals surface area contributed by atoms with Crippen LogP contribution in [0.1, 0.15) is 27.5 Å².